The Kier molecular flexibility index (Phi) is 6.00. The van der Waals surface area contributed by atoms with Gasteiger partial charge in [-0.05, 0) is 43.9 Å². The zero-order valence-electron chi connectivity index (χ0n) is 15.5. The summed E-state index contributed by atoms with van der Waals surface area (Å²) in [5, 5.41) is 0. The molecule has 4 nitrogen and oxygen atoms in total. The maximum Gasteiger partial charge on any atom is 0.223 e. The van der Waals surface area contributed by atoms with Crippen LogP contribution in [0.4, 0.5) is 0 Å². The van der Waals surface area contributed by atoms with Crippen LogP contribution in [0, 0.1) is 12.3 Å². The lowest BCUT2D eigenvalue weighted by Gasteiger charge is -2.39. The highest BCUT2D eigenvalue weighted by atomic mass is 16.5. The second-order valence-electron chi connectivity index (χ2n) is 7.95. The zero-order valence-corrected chi connectivity index (χ0v) is 15.5. The van der Waals surface area contributed by atoms with Crippen molar-refractivity contribution in [1.29, 1.82) is 0 Å². The van der Waals surface area contributed by atoms with Crippen molar-refractivity contribution in [2.45, 2.75) is 64.4 Å². The summed E-state index contributed by atoms with van der Waals surface area (Å²) in [6, 6.07) is 8.21. The maximum absolute atomic E-state index is 12.8. The van der Waals surface area contributed by atoms with Gasteiger partial charge in [0, 0.05) is 32.4 Å². The first-order valence-corrected chi connectivity index (χ1v) is 9.81. The topological polar surface area (TPSA) is 55.6 Å². The van der Waals surface area contributed by atoms with Gasteiger partial charge in [-0.3, -0.25) is 4.79 Å². The number of hydrogen-bond acceptors (Lipinski definition) is 3. The van der Waals surface area contributed by atoms with E-state index in [1.165, 1.54) is 24.8 Å². The van der Waals surface area contributed by atoms with Crippen molar-refractivity contribution in [1.82, 2.24) is 4.90 Å². The molecule has 1 saturated heterocycles. The number of benzene rings is 1. The Morgan fingerprint density at radius 1 is 1.16 bits per heavy atom. The fraction of sp³-hybridized carbons (Fsp3) is 0.667. The lowest BCUT2D eigenvalue weighted by Crippen LogP contribution is -2.45. The lowest BCUT2D eigenvalue weighted by molar-refractivity contribution is -0.136. The summed E-state index contributed by atoms with van der Waals surface area (Å²) in [5.74, 6) is 1.22. The van der Waals surface area contributed by atoms with E-state index in [1.807, 2.05) is 17.0 Å². The van der Waals surface area contributed by atoms with Crippen LogP contribution in [0.15, 0.2) is 24.3 Å². The molecule has 0 bridgehead atoms. The number of carbonyl (C=O) groups excluding carboxylic acids is 1. The standard InChI is InChI=1S/C21H32N2O2/c1-17-5-7-18(8-6-17)25-19-9-13-23(14-10-19)20(24)15-21(16-22)11-3-2-4-12-21/h5-8,19H,2-4,9-16,22H2,1H3. The summed E-state index contributed by atoms with van der Waals surface area (Å²) < 4.78 is 6.07. The highest BCUT2D eigenvalue weighted by Gasteiger charge is 2.35. The number of amides is 1. The van der Waals surface area contributed by atoms with Gasteiger partial charge in [-0.15, -0.1) is 0 Å². The van der Waals surface area contributed by atoms with Crippen LogP contribution in [0.2, 0.25) is 0 Å². The Bertz CT molecular complexity index is 556. The molecule has 1 saturated carbocycles. The van der Waals surface area contributed by atoms with Crippen LogP contribution in [0.3, 0.4) is 0 Å². The first-order valence-electron chi connectivity index (χ1n) is 9.81. The van der Waals surface area contributed by atoms with Crippen LogP contribution in [0.1, 0.15) is 56.9 Å². The minimum Gasteiger partial charge on any atom is -0.490 e. The minimum absolute atomic E-state index is 0.0601. The van der Waals surface area contributed by atoms with Gasteiger partial charge < -0.3 is 15.4 Å². The summed E-state index contributed by atoms with van der Waals surface area (Å²) in [4.78, 5) is 14.8. The molecule has 1 heterocycles. The molecule has 4 heteroatoms. The van der Waals surface area contributed by atoms with Crippen molar-refractivity contribution in [3.63, 3.8) is 0 Å². The summed E-state index contributed by atoms with van der Waals surface area (Å²) in [7, 11) is 0. The van der Waals surface area contributed by atoms with E-state index in [0.717, 1.165) is 44.5 Å². The smallest absolute Gasteiger partial charge is 0.223 e. The Labute approximate surface area is 151 Å². The Morgan fingerprint density at radius 3 is 2.40 bits per heavy atom. The first-order chi connectivity index (χ1) is 12.1. The van der Waals surface area contributed by atoms with Crippen LogP contribution >= 0.6 is 0 Å². The summed E-state index contributed by atoms with van der Waals surface area (Å²) in [6.45, 7) is 4.33. The summed E-state index contributed by atoms with van der Waals surface area (Å²) >= 11 is 0. The predicted octanol–water partition coefficient (Wildman–Crippen LogP) is 3.66. The van der Waals surface area contributed by atoms with E-state index >= 15 is 0 Å². The van der Waals surface area contributed by atoms with Crippen molar-refractivity contribution in [3.05, 3.63) is 29.8 Å². The normalized spacial score (nSPS) is 21.1. The highest BCUT2D eigenvalue weighted by Crippen LogP contribution is 2.39. The van der Waals surface area contributed by atoms with Crippen molar-refractivity contribution >= 4 is 5.91 Å². The van der Waals surface area contributed by atoms with Gasteiger partial charge >= 0.3 is 0 Å². The van der Waals surface area contributed by atoms with Crippen LogP contribution in [-0.2, 0) is 4.79 Å². The molecule has 1 aliphatic carbocycles. The number of ether oxygens (including phenoxy) is 1. The molecule has 0 unspecified atom stereocenters. The fourth-order valence-electron chi connectivity index (χ4n) is 4.22. The SMILES string of the molecule is Cc1ccc(OC2CCN(C(=O)CC3(CN)CCCCC3)CC2)cc1. The third kappa shape index (κ3) is 4.75. The van der Waals surface area contributed by atoms with E-state index in [2.05, 4.69) is 19.1 Å². The molecule has 138 valence electrons. The molecule has 2 N–H and O–H groups in total. The largest absolute Gasteiger partial charge is 0.490 e. The molecule has 3 rings (SSSR count). The van der Waals surface area contributed by atoms with E-state index < -0.39 is 0 Å². The van der Waals surface area contributed by atoms with E-state index in [9.17, 15) is 4.79 Å². The highest BCUT2D eigenvalue weighted by molar-refractivity contribution is 5.77. The van der Waals surface area contributed by atoms with Gasteiger partial charge in [0.25, 0.3) is 0 Å². The van der Waals surface area contributed by atoms with Gasteiger partial charge in [-0.1, -0.05) is 37.0 Å². The van der Waals surface area contributed by atoms with Crippen molar-refractivity contribution in [2.75, 3.05) is 19.6 Å². The minimum atomic E-state index is 0.0601. The molecule has 0 aromatic heterocycles. The Morgan fingerprint density at radius 2 is 1.80 bits per heavy atom. The number of hydrogen-bond donors (Lipinski definition) is 1. The molecule has 0 spiro atoms. The third-order valence-electron chi connectivity index (χ3n) is 5.99. The number of nitrogens with zero attached hydrogens (tertiary/aromatic N) is 1. The average molecular weight is 344 g/mol. The Hall–Kier alpha value is -1.55. The fourth-order valence-corrected chi connectivity index (χ4v) is 4.22. The quantitative estimate of drug-likeness (QED) is 0.887. The molecular formula is C21H32N2O2. The van der Waals surface area contributed by atoms with Gasteiger partial charge in [0.1, 0.15) is 11.9 Å². The number of rotatable bonds is 5. The molecule has 2 aliphatic rings. The monoisotopic (exact) mass is 344 g/mol. The molecule has 1 aromatic carbocycles. The van der Waals surface area contributed by atoms with Crippen LogP contribution in [0.25, 0.3) is 0 Å². The molecule has 1 aliphatic heterocycles. The van der Waals surface area contributed by atoms with Gasteiger partial charge in [0.15, 0.2) is 0 Å². The molecule has 25 heavy (non-hydrogen) atoms. The van der Waals surface area contributed by atoms with Gasteiger partial charge in [-0.25, -0.2) is 0 Å². The Balaban J connectivity index is 1.48. The van der Waals surface area contributed by atoms with E-state index in [-0.39, 0.29) is 11.5 Å². The molecule has 2 fully saturated rings. The third-order valence-corrected chi connectivity index (χ3v) is 5.99. The number of piperidine rings is 1. The molecule has 0 radical (unpaired) electrons. The van der Waals surface area contributed by atoms with Crippen LogP contribution in [0.5, 0.6) is 5.75 Å². The lowest BCUT2D eigenvalue weighted by atomic mass is 9.71. The molecular weight excluding hydrogens is 312 g/mol. The molecule has 1 amide bonds. The summed E-state index contributed by atoms with van der Waals surface area (Å²) in [5.41, 5.74) is 7.34. The number of carbonyl (C=O) groups is 1. The van der Waals surface area contributed by atoms with Gasteiger partial charge in [0.2, 0.25) is 5.91 Å². The molecule has 0 atom stereocenters. The molecule has 1 aromatic rings. The van der Waals surface area contributed by atoms with Crippen LogP contribution in [-0.4, -0.2) is 36.5 Å². The average Bonchev–Trinajstić information content (AvgIpc) is 2.65. The second kappa shape index (κ2) is 8.22. The van der Waals surface area contributed by atoms with Crippen molar-refractivity contribution in [3.8, 4) is 5.75 Å². The maximum atomic E-state index is 12.8. The predicted molar refractivity (Wildman–Crippen MR) is 101 cm³/mol. The number of nitrogens with two attached hydrogens (primary N) is 1. The first kappa shape index (κ1) is 18.2. The van der Waals surface area contributed by atoms with Crippen molar-refractivity contribution in [2.24, 2.45) is 11.1 Å². The van der Waals surface area contributed by atoms with E-state index in [0.29, 0.717) is 18.9 Å². The summed E-state index contributed by atoms with van der Waals surface area (Å²) in [6.07, 6.45) is 8.62. The van der Waals surface area contributed by atoms with Gasteiger partial charge in [0.05, 0.1) is 0 Å². The van der Waals surface area contributed by atoms with E-state index in [4.69, 9.17) is 10.5 Å². The second-order valence-corrected chi connectivity index (χ2v) is 7.95. The number of likely N-dealkylation sites (tertiary alicyclic amines) is 1. The zero-order chi connectivity index (χ0) is 17.7. The van der Waals surface area contributed by atoms with E-state index in [1.54, 1.807) is 0 Å². The van der Waals surface area contributed by atoms with Gasteiger partial charge in [-0.2, -0.15) is 0 Å². The van der Waals surface area contributed by atoms with Crippen molar-refractivity contribution < 1.29 is 9.53 Å². The van der Waals surface area contributed by atoms with Crippen LogP contribution < -0.4 is 10.5 Å². The number of aryl methyl sites for hydroxylation is 1.